The first-order valence-corrected chi connectivity index (χ1v) is 7.12. The number of rotatable bonds is 4. The summed E-state index contributed by atoms with van der Waals surface area (Å²) in [5.41, 5.74) is 9.72. The molecule has 0 atom stereocenters. The van der Waals surface area contributed by atoms with E-state index in [0.29, 0.717) is 11.5 Å². The maximum absolute atomic E-state index is 5.75. The van der Waals surface area contributed by atoms with Crippen molar-refractivity contribution in [2.45, 2.75) is 6.54 Å². The van der Waals surface area contributed by atoms with Crippen molar-refractivity contribution in [3.05, 3.63) is 71.9 Å². The Morgan fingerprint density at radius 1 is 1.05 bits per heavy atom. The zero-order chi connectivity index (χ0) is 14.7. The Morgan fingerprint density at radius 3 is 2.71 bits per heavy atom. The number of anilines is 1. The molecule has 0 saturated carbocycles. The lowest BCUT2D eigenvalue weighted by Gasteiger charge is -2.12. The quantitative estimate of drug-likeness (QED) is 0.723. The SMILES string of the molecule is NC(=S)c1ccccc1NCc1cccc2cccnc12. The highest BCUT2D eigenvalue weighted by Gasteiger charge is 2.05. The molecule has 104 valence electrons. The molecule has 1 aromatic heterocycles. The molecular formula is C17H15N3S. The lowest BCUT2D eigenvalue weighted by atomic mass is 10.1. The van der Waals surface area contributed by atoms with Crippen LogP contribution in [-0.4, -0.2) is 9.97 Å². The molecule has 3 rings (SSSR count). The number of benzene rings is 2. The van der Waals surface area contributed by atoms with E-state index in [9.17, 15) is 0 Å². The van der Waals surface area contributed by atoms with E-state index in [1.807, 2.05) is 42.6 Å². The Morgan fingerprint density at radius 2 is 1.86 bits per heavy atom. The average Bonchev–Trinajstić information content (AvgIpc) is 2.53. The molecule has 2 aromatic carbocycles. The number of para-hydroxylation sites is 2. The molecule has 1 heterocycles. The summed E-state index contributed by atoms with van der Waals surface area (Å²) in [5, 5.41) is 4.53. The number of hydrogen-bond acceptors (Lipinski definition) is 3. The van der Waals surface area contributed by atoms with Crippen LogP contribution in [0.3, 0.4) is 0 Å². The molecule has 3 nitrogen and oxygen atoms in total. The van der Waals surface area contributed by atoms with Crippen LogP contribution in [0.1, 0.15) is 11.1 Å². The molecule has 0 aliphatic heterocycles. The van der Waals surface area contributed by atoms with Gasteiger partial charge in [0.1, 0.15) is 4.99 Å². The van der Waals surface area contributed by atoms with E-state index in [1.165, 1.54) is 0 Å². The summed E-state index contributed by atoms with van der Waals surface area (Å²) in [6.45, 7) is 0.675. The van der Waals surface area contributed by atoms with Crippen LogP contribution in [0, 0.1) is 0 Å². The van der Waals surface area contributed by atoms with Gasteiger partial charge in [-0.2, -0.15) is 0 Å². The number of aromatic nitrogens is 1. The van der Waals surface area contributed by atoms with Crippen molar-refractivity contribution in [3.8, 4) is 0 Å². The highest BCUT2D eigenvalue weighted by atomic mass is 32.1. The number of fused-ring (bicyclic) bond motifs is 1. The molecule has 0 unspecified atom stereocenters. The lowest BCUT2D eigenvalue weighted by molar-refractivity contribution is 1.15. The molecule has 0 aliphatic rings. The summed E-state index contributed by atoms with van der Waals surface area (Å²) >= 11 is 5.08. The number of nitrogens with zero attached hydrogens (tertiary/aromatic N) is 1. The highest BCUT2D eigenvalue weighted by molar-refractivity contribution is 7.80. The van der Waals surface area contributed by atoms with E-state index in [-0.39, 0.29) is 0 Å². The zero-order valence-electron chi connectivity index (χ0n) is 11.4. The Kier molecular flexibility index (Phi) is 3.79. The topological polar surface area (TPSA) is 50.9 Å². The van der Waals surface area contributed by atoms with Gasteiger partial charge in [0, 0.05) is 29.4 Å². The molecule has 0 bridgehead atoms. The number of nitrogens with two attached hydrogens (primary N) is 1. The normalized spacial score (nSPS) is 10.5. The largest absolute Gasteiger partial charge is 0.389 e. The molecule has 0 fully saturated rings. The van der Waals surface area contributed by atoms with Gasteiger partial charge in [0.15, 0.2) is 0 Å². The summed E-state index contributed by atoms with van der Waals surface area (Å²) in [5.74, 6) is 0. The molecule has 0 radical (unpaired) electrons. The first-order valence-electron chi connectivity index (χ1n) is 6.71. The van der Waals surface area contributed by atoms with Crippen LogP contribution >= 0.6 is 12.2 Å². The molecule has 3 N–H and O–H groups in total. The Bertz CT molecular complexity index is 793. The van der Waals surface area contributed by atoms with Crippen LogP contribution < -0.4 is 11.1 Å². The average molecular weight is 293 g/mol. The third-order valence-corrected chi connectivity index (χ3v) is 3.60. The van der Waals surface area contributed by atoms with Crippen molar-refractivity contribution >= 4 is 33.8 Å². The third kappa shape index (κ3) is 2.85. The Hall–Kier alpha value is -2.46. The molecular weight excluding hydrogens is 278 g/mol. The van der Waals surface area contributed by atoms with Gasteiger partial charge < -0.3 is 11.1 Å². The van der Waals surface area contributed by atoms with Gasteiger partial charge in [0.25, 0.3) is 0 Å². The van der Waals surface area contributed by atoms with E-state index >= 15 is 0 Å². The van der Waals surface area contributed by atoms with E-state index in [2.05, 4.69) is 28.5 Å². The first-order chi connectivity index (χ1) is 10.3. The maximum Gasteiger partial charge on any atom is 0.106 e. The number of nitrogens with one attached hydrogen (secondary N) is 1. The Labute approximate surface area is 128 Å². The molecule has 4 heteroatoms. The molecule has 0 aliphatic carbocycles. The summed E-state index contributed by atoms with van der Waals surface area (Å²) in [6.07, 6.45) is 1.81. The van der Waals surface area contributed by atoms with E-state index < -0.39 is 0 Å². The fourth-order valence-corrected chi connectivity index (χ4v) is 2.53. The van der Waals surface area contributed by atoms with E-state index in [1.54, 1.807) is 0 Å². The summed E-state index contributed by atoms with van der Waals surface area (Å²) in [4.78, 5) is 4.86. The number of pyridine rings is 1. The van der Waals surface area contributed by atoms with Gasteiger partial charge in [-0.1, -0.05) is 48.6 Å². The highest BCUT2D eigenvalue weighted by Crippen LogP contribution is 2.19. The lowest BCUT2D eigenvalue weighted by Crippen LogP contribution is -2.13. The van der Waals surface area contributed by atoms with Gasteiger partial charge in [-0.3, -0.25) is 4.98 Å². The van der Waals surface area contributed by atoms with Crippen molar-refractivity contribution in [3.63, 3.8) is 0 Å². The monoisotopic (exact) mass is 293 g/mol. The fourth-order valence-electron chi connectivity index (χ4n) is 2.35. The molecule has 21 heavy (non-hydrogen) atoms. The van der Waals surface area contributed by atoms with Crippen molar-refractivity contribution < 1.29 is 0 Å². The molecule has 0 saturated heterocycles. The predicted molar refractivity (Wildman–Crippen MR) is 91.4 cm³/mol. The van der Waals surface area contributed by atoms with Crippen LogP contribution in [-0.2, 0) is 6.54 Å². The summed E-state index contributed by atoms with van der Waals surface area (Å²) in [6, 6.07) is 18.0. The van der Waals surface area contributed by atoms with Crippen molar-refractivity contribution in [1.82, 2.24) is 4.98 Å². The van der Waals surface area contributed by atoms with Crippen molar-refractivity contribution in [2.24, 2.45) is 5.73 Å². The third-order valence-electron chi connectivity index (χ3n) is 3.38. The number of thiocarbonyl (C=S) groups is 1. The van der Waals surface area contributed by atoms with Crippen LogP contribution in [0.25, 0.3) is 10.9 Å². The van der Waals surface area contributed by atoms with Gasteiger partial charge in [-0.25, -0.2) is 0 Å². The summed E-state index contributed by atoms with van der Waals surface area (Å²) in [7, 11) is 0. The Balaban J connectivity index is 1.89. The minimum atomic E-state index is 0.397. The second kappa shape index (κ2) is 5.89. The van der Waals surface area contributed by atoms with Crippen LogP contribution in [0.2, 0.25) is 0 Å². The minimum Gasteiger partial charge on any atom is -0.389 e. The second-order valence-corrected chi connectivity index (χ2v) is 5.20. The van der Waals surface area contributed by atoms with Gasteiger partial charge >= 0.3 is 0 Å². The number of hydrogen-bond donors (Lipinski definition) is 2. The maximum atomic E-state index is 5.75. The van der Waals surface area contributed by atoms with Gasteiger partial charge in [0.05, 0.1) is 5.52 Å². The zero-order valence-corrected chi connectivity index (χ0v) is 12.2. The predicted octanol–water partition coefficient (Wildman–Crippen LogP) is 3.48. The van der Waals surface area contributed by atoms with Crippen LogP contribution in [0.15, 0.2) is 60.8 Å². The minimum absolute atomic E-state index is 0.397. The fraction of sp³-hybridized carbons (Fsp3) is 0.0588. The van der Waals surface area contributed by atoms with Gasteiger partial charge in [-0.15, -0.1) is 0 Å². The van der Waals surface area contributed by atoms with E-state index in [4.69, 9.17) is 18.0 Å². The van der Waals surface area contributed by atoms with Crippen LogP contribution in [0.5, 0.6) is 0 Å². The summed E-state index contributed by atoms with van der Waals surface area (Å²) < 4.78 is 0. The standard InChI is InChI=1S/C17H15N3S/c18-17(21)14-8-1-2-9-15(14)20-11-13-6-3-5-12-7-4-10-19-16(12)13/h1-10,20H,11H2,(H2,18,21). The van der Waals surface area contributed by atoms with E-state index in [0.717, 1.165) is 27.7 Å². The van der Waals surface area contributed by atoms with Crippen molar-refractivity contribution in [1.29, 1.82) is 0 Å². The molecule has 0 amide bonds. The van der Waals surface area contributed by atoms with Crippen molar-refractivity contribution in [2.75, 3.05) is 5.32 Å². The molecule has 0 spiro atoms. The van der Waals surface area contributed by atoms with Crippen LogP contribution in [0.4, 0.5) is 5.69 Å². The first kappa shape index (κ1) is 13.5. The smallest absolute Gasteiger partial charge is 0.106 e. The van der Waals surface area contributed by atoms with Gasteiger partial charge in [0.2, 0.25) is 0 Å². The second-order valence-electron chi connectivity index (χ2n) is 4.76. The molecule has 3 aromatic rings. The van der Waals surface area contributed by atoms with Gasteiger partial charge in [-0.05, 0) is 23.8 Å².